The van der Waals surface area contributed by atoms with E-state index in [2.05, 4.69) is 10.3 Å². The average Bonchev–Trinajstić information content (AvgIpc) is 2.45. The summed E-state index contributed by atoms with van der Waals surface area (Å²) in [6.45, 7) is 0.810. The number of pyridine rings is 1. The van der Waals surface area contributed by atoms with E-state index in [0.29, 0.717) is 23.7 Å². The van der Waals surface area contributed by atoms with E-state index in [1.54, 1.807) is 6.07 Å². The van der Waals surface area contributed by atoms with E-state index in [9.17, 15) is 4.79 Å². The highest BCUT2D eigenvalue weighted by molar-refractivity contribution is 6.33. The number of halogens is 1. The fourth-order valence-electron chi connectivity index (χ4n) is 1.50. The van der Waals surface area contributed by atoms with Gasteiger partial charge in [-0.1, -0.05) is 29.8 Å². The van der Waals surface area contributed by atoms with E-state index in [1.807, 2.05) is 30.3 Å². The predicted octanol–water partition coefficient (Wildman–Crippen LogP) is 2.54. The van der Waals surface area contributed by atoms with Crippen LogP contribution in [0.4, 0.5) is 0 Å². The molecule has 2 aromatic rings. The lowest BCUT2D eigenvalue weighted by molar-refractivity contribution is 0.0947. The van der Waals surface area contributed by atoms with Crippen molar-refractivity contribution in [2.24, 2.45) is 0 Å². The summed E-state index contributed by atoms with van der Waals surface area (Å²) in [5, 5.41) is 3.07. The molecule has 2 rings (SSSR count). The second-order valence-corrected chi connectivity index (χ2v) is 4.18. The van der Waals surface area contributed by atoms with Crippen molar-refractivity contribution < 1.29 is 9.53 Å². The lowest BCUT2D eigenvalue weighted by Gasteiger charge is -2.08. The minimum absolute atomic E-state index is 0.232. The molecule has 0 aliphatic rings. The van der Waals surface area contributed by atoms with Gasteiger partial charge in [-0.15, -0.1) is 0 Å². The molecule has 0 saturated heterocycles. The zero-order valence-electron chi connectivity index (χ0n) is 10.2. The molecule has 0 atom stereocenters. The van der Waals surface area contributed by atoms with Crippen LogP contribution in [0.2, 0.25) is 5.02 Å². The topological polar surface area (TPSA) is 51.2 Å². The molecule has 98 valence electrons. The maximum Gasteiger partial charge on any atom is 0.253 e. The summed E-state index contributed by atoms with van der Waals surface area (Å²) in [5.41, 5.74) is 0.413. The fraction of sp³-hybridized carbons (Fsp3) is 0.143. The van der Waals surface area contributed by atoms with Gasteiger partial charge in [-0.3, -0.25) is 9.78 Å². The Morgan fingerprint density at radius 2 is 2.05 bits per heavy atom. The predicted molar refractivity (Wildman–Crippen MR) is 73.5 cm³/mol. The first-order valence-corrected chi connectivity index (χ1v) is 6.21. The largest absolute Gasteiger partial charge is 0.492 e. The number of ether oxygens (including phenoxy) is 1. The van der Waals surface area contributed by atoms with E-state index in [0.717, 1.165) is 5.75 Å². The van der Waals surface area contributed by atoms with Gasteiger partial charge in [0.15, 0.2) is 0 Å². The maximum absolute atomic E-state index is 11.8. The molecular formula is C14H13ClN2O2. The Bertz CT molecular complexity index is 546. The van der Waals surface area contributed by atoms with E-state index in [1.165, 1.54) is 12.4 Å². The molecule has 5 heteroatoms. The highest BCUT2D eigenvalue weighted by Gasteiger charge is 2.08. The second kappa shape index (κ2) is 6.75. The Morgan fingerprint density at radius 1 is 1.26 bits per heavy atom. The van der Waals surface area contributed by atoms with Gasteiger partial charge in [-0.05, 0) is 18.2 Å². The third-order valence-electron chi connectivity index (χ3n) is 2.42. The molecule has 1 amide bonds. The molecule has 1 aromatic heterocycles. The Kier molecular flexibility index (Phi) is 4.75. The molecule has 1 heterocycles. The molecule has 19 heavy (non-hydrogen) atoms. The summed E-state index contributed by atoms with van der Waals surface area (Å²) >= 11 is 5.87. The molecule has 1 N–H and O–H groups in total. The number of nitrogens with zero attached hydrogens (tertiary/aromatic N) is 1. The highest BCUT2D eigenvalue weighted by Crippen LogP contribution is 2.12. The Labute approximate surface area is 116 Å². The molecule has 0 radical (unpaired) electrons. The Hall–Kier alpha value is -2.07. The van der Waals surface area contributed by atoms with Crippen LogP contribution >= 0.6 is 11.6 Å². The number of carbonyl (C=O) groups excluding carboxylic acids is 1. The van der Waals surface area contributed by atoms with Crippen molar-refractivity contribution in [3.05, 3.63) is 59.4 Å². The van der Waals surface area contributed by atoms with E-state index in [-0.39, 0.29) is 5.91 Å². The zero-order valence-corrected chi connectivity index (χ0v) is 10.9. The quantitative estimate of drug-likeness (QED) is 0.854. The molecule has 0 bridgehead atoms. The summed E-state index contributed by atoms with van der Waals surface area (Å²) in [6, 6.07) is 11.0. The summed E-state index contributed by atoms with van der Waals surface area (Å²) in [6.07, 6.45) is 2.97. The molecule has 0 fully saturated rings. The third-order valence-corrected chi connectivity index (χ3v) is 2.72. The lowest BCUT2D eigenvalue weighted by atomic mass is 10.2. The van der Waals surface area contributed by atoms with Gasteiger partial charge in [0.25, 0.3) is 5.91 Å². The van der Waals surface area contributed by atoms with E-state index < -0.39 is 0 Å². The van der Waals surface area contributed by atoms with Gasteiger partial charge < -0.3 is 10.1 Å². The van der Waals surface area contributed by atoms with Gasteiger partial charge in [0.2, 0.25) is 0 Å². The van der Waals surface area contributed by atoms with Crippen LogP contribution in [-0.4, -0.2) is 24.0 Å². The SMILES string of the molecule is O=C(NCCOc1ccccc1)c1ccncc1Cl. The van der Waals surface area contributed by atoms with Crippen molar-refractivity contribution in [1.82, 2.24) is 10.3 Å². The maximum atomic E-state index is 11.8. The minimum atomic E-state index is -0.232. The van der Waals surface area contributed by atoms with Crippen LogP contribution in [0.25, 0.3) is 0 Å². The Morgan fingerprint density at radius 3 is 2.79 bits per heavy atom. The number of benzene rings is 1. The molecule has 0 aliphatic heterocycles. The van der Waals surface area contributed by atoms with Crippen LogP contribution in [0.5, 0.6) is 5.75 Å². The zero-order chi connectivity index (χ0) is 13.5. The van der Waals surface area contributed by atoms with Crippen molar-refractivity contribution in [3.63, 3.8) is 0 Å². The first-order chi connectivity index (χ1) is 9.27. The summed E-state index contributed by atoms with van der Waals surface area (Å²) in [5.74, 6) is 0.544. The molecule has 0 spiro atoms. The van der Waals surface area contributed by atoms with Crippen LogP contribution in [0.3, 0.4) is 0 Å². The van der Waals surface area contributed by atoms with Crippen molar-refractivity contribution in [2.75, 3.05) is 13.2 Å². The molecule has 0 aliphatic carbocycles. The fourth-order valence-corrected chi connectivity index (χ4v) is 1.71. The van der Waals surface area contributed by atoms with Gasteiger partial charge in [-0.2, -0.15) is 0 Å². The first-order valence-electron chi connectivity index (χ1n) is 5.83. The molecule has 0 saturated carbocycles. The van der Waals surface area contributed by atoms with Crippen molar-refractivity contribution in [1.29, 1.82) is 0 Å². The Balaban J connectivity index is 1.77. The summed E-state index contributed by atoms with van der Waals surface area (Å²) < 4.78 is 5.46. The van der Waals surface area contributed by atoms with Crippen LogP contribution in [0, 0.1) is 0 Å². The molecule has 4 nitrogen and oxygen atoms in total. The van der Waals surface area contributed by atoms with E-state index in [4.69, 9.17) is 16.3 Å². The van der Waals surface area contributed by atoms with Crippen molar-refractivity contribution >= 4 is 17.5 Å². The van der Waals surface area contributed by atoms with Crippen molar-refractivity contribution in [3.8, 4) is 5.75 Å². The average molecular weight is 277 g/mol. The van der Waals surface area contributed by atoms with Crippen LogP contribution in [-0.2, 0) is 0 Å². The number of nitrogens with one attached hydrogen (secondary N) is 1. The number of aromatic nitrogens is 1. The first kappa shape index (κ1) is 13.4. The summed E-state index contributed by atoms with van der Waals surface area (Å²) in [7, 11) is 0. The monoisotopic (exact) mass is 276 g/mol. The van der Waals surface area contributed by atoms with Crippen LogP contribution in [0.15, 0.2) is 48.8 Å². The normalized spacial score (nSPS) is 9.95. The summed E-state index contributed by atoms with van der Waals surface area (Å²) in [4.78, 5) is 15.6. The second-order valence-electron chi connectivity index (χ2n) is 3.77. The third kappa shape index (κ3) is 3.96. The van der Waals surface area contributed by atoms with Gasteiger partial charge in [0.1, 0.15) is 12.4 Å². The number of para-hydroxylation sites is 1. The smallest absolute Gasteiger partial charge is 0.253 e. The van der Waals surface area contributed by atoms with Crippen LogP contribution < -0.4 is 10.1 Å². The standard InChI is InChI=1S/C14H13ClN2O2/c15-13-10-16-7-6-12(13)14(18)17-8-9-19-11-4-2-1-3-5-11/h1-7,10H,8-9H2,(H,17,18). The van der Waals surface area contributed by atoms with Crippen LogP contribution in [0.1, 0.15) is 10.4 Å². The van der Waals surface area contributed by atoms with Gasteiger partial charge in [0, 0.05) is 12.4 Å². The van der Waals surface area contributed by atoms with Gasteiger partial charge in [-0.25, -0.2) is 0 Å². The van der Waals surface area contributed by atoms with Gasteiger partial charge in [0.05, 0.1) is 17.1 Å². The highest BCUT2D eigenvalue weighted by atomic mass is 35.5. The molecular weight excluding hydrogens is 264 g/mol. The van der Waals surface area contributed by atoms with E-state index >= 15 is 0 Å². The lowest BCUT2D eigenvalue weighted by Crippen LogP contribution is -2.28. The number of hydrogen-bond acceptors (Lipinski definition) is 3. The number of amides is 1. The number of carbonyl (C=O) groups is 1. The molecule has 1 aromatic carbocycles. The van der Waals surface area contributed by atoms with Gasteiger partial charge >= 0.3 is 0 Å². The van der Waals surface area contributed by atoms with Crippen molar-refractivity contribution in [2.45, 2.75) is 0 Å². The number of rotatable bonds is 5. The number of hydrogen-bond donors (Lipinski definition) is 1. The molecule has 0 unspecified atom stereocenters. The minimum Gasteiger partial charge on any atom is -0.492 e.